The first kappa shape index (κ1) is 19.7. The van der Waals surface area contributed by atoms with E-state index in [1.165, 1.54) is 6.20 Å². The highest BCUT2D eigenvalue weighted by Crippen LogP contribution is 2.42. The monoisotopic (exact) mass is 407 g/mol. The van der Waals surface area contributed by atoms with Crippen LogP contribution in [0.3, 0.4) is 0 Å². The first-order valence-corrected chi connectivity index (χ1v) is 9.46. The highest BCUT2D eigenvalue weighted by Gasteiger charge is 2.47. The predicted molar refractivity (Wildman–Crippen MR) is 109 cm³/mol. The number of hydrogen-bond donors (Lipinski definition) is 3. The van der Waals surface area contributed by atoms with E-state index in [-0.39, 0.29) is 19.0 Å². The van der Waals surface area contributed by atoms with E-state index in [0.717, 1.165) is 5.56 Å². The van der Waals surface area contributed by atoms with Gasteiger partial charge in [-0.15, -0.1) is 0 Å². The average molecular weight is 408 g/mol. The highest BCUT2D eigenvalue weighted by molar-refractivity contribution is 6.35. The van der Waals surface area contributed by atoms with E-state index in [9.17, 15) is 10.4 Å². The van der Waals surface area contributed by atoms with Crippen molar-refractivity contribution in [2.75, 3.05) is 17.2 Å². The zero-order chi connectivity index (χ0) is 19.6. The number of anilines is 2. The van der Waals surface area contributed by atoms with Crippen molar-refractivity contribution in [2.45, 2.75) is 38.8 Å². The van der Waals surface area contributed by atoms with Gasteiger partial charge in [0.2, 0.25) is 5.95 Å². The smallest absolute Gasteiger partial charge is 0.224 e. The zero-order valence-electron chi connectivity index (χ0n) is 15.1. The van der Waals surface area contributed by atoms with Gasteiger partial charge in [0.1, 0.15) is 17.5 Å². The van der Waals surface area contributed by atoms with Gasteiger partial charge in [0.25, 0.3) is 0 Å². The number of rotatable bonds is 6. The SMILES string of the molecule is CC1(C)[C@@H](O)C[C@H]1Nc1nc(NCCc2ccc(Cl)cc2Cl)ncc1C#N.[HH]. The molecule has 6 nitrogen and oxygen atoms in total. The van der Waals surface area contributed by atoms with Crippen LogP contribution in [-0.4, -0.2) is 33.8 Å². The van der Waals surface area contributed by atoms with Gasteiger partial charge in [-0.2, -0.15) is 10.2 Å². The second kappa shape index (κ2) is 7.89. The Bertz CT molecular complexity index is 887. The fourth-order valence-electron chi connectivity index (χ4n) is 3.00. The standard InChI is InChI=1S/C19H21Cl2N5O.H2/c1-19(2)15(8-16(19)27)25-17-12(9-22)10-24-18(26-17)23-6-5-11-3-4-13(20)7-14(11)21;/h3-4,7,10,15-16,27H,5-6,8H2,1-2H3,(H2,23,24,25,26);1H/t15-,16+;/m1./s1. The van der Waals surface area contributed by atoms with Gasteiger partial charge >= 0.3 is 0 Å². The molecule has 1 fully saturated rings. The van der Waals surface area contributed by atoms with Gasteiger partial charge in [0.05, 0.1) is 12.3 Å². The molecule has 0 radical (unpaired) electrons. The average Bonchev–Trinajstić information content (AvgIpc) is 2.63. The second-order valence-electron chi connectivity index (χ2n) is 7.25. The number of nitriles is 1. The number of nitrogens with zero attached hydrogens (tertiary/aromatic N) is 3. The molecule has 3 N–H and O–H groups in total. The Morgan fingerprint density at radius 2 is 2.19 bits per heavy atom. The van der Waals surface area contributed by atoms with Crippen LogP contribution in [0.15, 0.2) is 24.4 Å². The fourth-order valence-corrected chi connectivity index (χ4v) is 3.51. The van der Waals surface area contributed by atoms with Gasteiger partial charge in [-0.1, -0.05) is 43.1 Å². The molecule has 2 atom stereocenters. The van der Waals surface area contributed by atoms with Gasteiger partial charge in [0.15, 0.2) is 0 Å². The topological polar surface area (TPSA) is 93.9 Å². The van der Waals surface area contributed by atoms with Gasteiger partial charge in [-0.05, 0) is 30.5 Å². The first-order valence-electron chi connectivity index (χ1n) is 8.71. The summed E-state index contributed by atoms with van der Waals surface area (Å²) in [4.78, 5) is 8.62. The summed E-state index contributed by atoms with van der Waals surface area (Å²) in [5, 5.41) is 26.9. The summed E-state index contributed by atoms with van der Waals surface area (Å²) in [6.07, 6.45) is 2.45. The van der Waals surface area contributed by atoms with E-state index in [1.54, 1.807) is 12.1 Å². The molecule has 1 aliphatic rings. The van der Waals surface area contributed by atoms with Crippen molar-refractivity contribution < 1.29 is 6.53 Å². The second-order valence-corrected chi connectivity index (χ2v) is 8.09. The molecule has 3 rings (SSSR count). The van der Waals surface area contributed by atoms with Gasteiger partial charge in [-0.3, -0.25) is 0 Å². The minimum Gasteiger partial charge on any atom is -0.392 e. The molecule has 0 aliphatic heterocycles. The largest absolute Gasteiger partial charge is 0.392 e. The lowest BCUT2D eigenvalue weighted by Crippen LogP contribution is -2.57. The maximum atomic E-state index is 9.90. The van der Waals surface area contributed by atoms with Gasteiger partial charge in [-0.25, -0.2) is 4.98 Å². The summed E-state index contributed by atoms with van der Waals surface area (Å²) in [6, 6.07) is 7.56. The normalized spacial score (nSPS) is 20.4. The number of aromatic nitrogens is 2. The van der Waals surface area contributed by atoms with Crippen molar-refractivity contribution in [2.24, 2.45) is 5.41 Å². The fraction of sp³-hybridized carbons (Fsp3) is 0.421. The Morgan fingerprint density at radius 1 is 1.41 bits per heavy atom. The Kier molecular flexibility index (Phi) is 5.75. The van der Waals surface area contributed by atoms with Crippen molar-refractivity contribution in [1.29, 1.82) is 5.26 Å². The van der Waals surface area contributed by atoms with E-state index in [1.807, 2.05) is 19.9 Å². The van der Waals surface area contributed by atoms with Crippen LogP contribution in [0.5, 0.6) is 0 Å². The Morgan fingerprint density at radius 3 is 2.81 bits per heavy atom. The first-order chi connectivity index (χ1) is 12.8. The van der Waals surface area contributed by atoms with E-state index in [2.05, 4.69) is 26.7 Å². The van der Waals surface area contributed by atoms with Crippen LogP contribution in [0.2, 0.25) is 10.0 Å². The van der Waals surface area contributed by atoms with Crippen LogP contribution in [0.25, 0.3) is 0 Å². The molecular weight excluding hydrogens is 385 g/mol. The number of hydrogen-bond acceptors (Lipinski definition) is 6. The van der Waals surface area contributed by atoms with E-state index >= 15 is 0 Å². The summed E-state index contributed by atoms with van der Waals surface area (Å²) >= 11 is 12.1. The molecule has 1 aromatic heterocycles. The van der Waals surface area contributed by atoms with Crippen LogP contribution in [-0.2, 0) is 6.42 Å². The van der Waals surface area contributed by atoms with Crippen LogP contribution in [0.4, 0.5) is 11.8 Å². The third kappa shape index (κ3) is 4.27. The van der Waals surface area contributed by atoms with Gasteiger partial charge < -0.3 is 15.7 Å². The third-order valence-corrected chi connectivity index (χ3v) is 5.72. The maximum absolute atomic E-state index is 9.90. The minimum atomic E-state index is -0.357. The molecule has 8 heteroatoms. The molecule has 0 spiro atoms. The Hall–Kier alpha value is -2.07. The summed E-state index contributed by atoms with van der Waals surface area (Å²) in [5.41, 5.74) is 1.08. The predicted octanol–water partition coefficient (Wildman–Crippen LogP) is 4.13. The molecule has 0 amide bonds. The molecule has 144 valence electrons. The molecule has 1 saturated carbocycles. The van der Waals surface area contributed by atoms with Crippen molar-refractivity contribution in [3.05, 3.63) is 45.6 Å². The summed E-state index contributed by atoms with van der Waals surface area (Å²) in [7, 11) is 0. The number of aliphatic hydroxyl groups is 1. The van der Waals surface area contributed by atoms with Crippen LogP contribution in [0.1, 0.15) is 32.8 Å². The molecule has 0 unspecified atom stereocenters. The lowest BCUT2D eigenvalue weighted by Gasteiger charge is -2.49. The van der Waals surface area contributed by atoms with Crippen LogP contribution in [0, 0.1) is 16.7 Å². The van der Waals surface area contributed by atoms with Crippen LogP contribution >= 0.6 is 23.2 Å². The van der Waals surface area contributed by atoms with Crippen molar-refractivity contribution in [3.63, 3.8) is 0 Å². The Labute approximate surface area is 170 Å². The van der Waals surface area contributed by atoms with Crippen molar-refractivity contribution >= 4 is 35.0 Å². The Balaban J connectivity index is 0.00000280. The molecule has 0 saturated heterocycles. The number of halogens is 2. The maximum Gasteiger partial charge on any atom is 0.224 e. The van der Waals surface area contributed by atoms with E-state index in [0.29, 0.717) is 46.8 Å². The molecule has 1 aromatic carbocycles. The van der Waals surface area contributed by atoms with Crippen molar-refractivity contribution in [3.8, 4) is 6.07 Å². The number of aliphatic hydroxyl groups excluding tert-OH is 1. The summed E-state index contributed by atoms with van der Waals surface area (Å²) in [5.74, 6) is 0.906. The zero-order valence-corrected chi connectivity index (χ0v) is 16.6. The number of benzene rings is 1. The van der Waals surface area contributed by atoms with Crippen molar-refractivity contribution in [1.82, 2.24) is 9.97 Å². The van der Waals surface area contributed by atoms with Gasteiger partial charge in [0, 0.05) is 29.5 Å². The van der Waals surface area contributed by atoms with Crippen LogP contribution < -0.4 is 10.6 Å². The summed E-state index contributed by atoms with van der Waals surface area (Å²) in [6.45, 7) is 4.56. The highest BCUT2D eigenvalue weighted by atomic mass is 35.5. The third-order valence-electron chi connectivity index (χ3n) is 5.13. The molecule has 2 aromatic rings. The lowest BCUT2D eigenvalue weighted by molar-refractivity contribution is -0.0511. The molecule has 0 bridgehead atoms. The molecular formula is C19H23Cl2N5O. The molecule has 1 heterocycles. The lowest BCUT2D eigenvalue weighted by atomic mass is 9.64. The quantitative estimate of drug-likeness (QED) is 0.666. The summed E-state index contributed by atoms with van der Waals surface area (Å²) < 4.78 is 0. The number of nitrogens with one attached hydrogen (secondary N) is 2. The molecule has 1 aliphatic carbocycles. The molecule has 27 heavy (non-hydrogen) atoms. The van der Waals surface area contributed by atoms with E-state index in [4.69, 9.17) is 23.2 Å². The minimum absolute atomic E-state index is 0. The van der Waals surface area contributed by atoms with E-state index < -0.39 is 0 Å².